The van der Waals surface area contributed by atoms with Crippen LogP contribution in [-0.4, -0.2) is 10.2 Å². The van der Waals surface area contributed by atoms with Gasteiger partial charge in [0.15, 0.2) is 0 Å². The van der Waals surface area contributed by atoms with Crippen molar-refractivity contribution in [3.63, 3.8) is 0 Å². The SMILES string of the molecule is CCC(Br)c1nnc(C2CC2(C)C)s1. The third kappa shape index (κ3) is 1.87. The Morgan fingerprint density at radius 3 is 2.71 bits per heavy atom. The normalized spacial score (nSPS) is 26.1. The maximum atomic E-state index is 4.28. The van der Waals surface area contributed by atoms with E-state index in [2.05, 4.69) is 46.9 Å². The zero-order chi connectivity index (χ0) is 10.3. The van der Waals surface area contributed by atoms with Gasteiger partial charge in [0.05, 0.1) is 4.83 Å². The van der Waals surface area contributed by atoms with E-state index in [0.717, 1.165) is 11.4 Å². The Kier molecular flexibility index (Phi) is 2.68. The molecule has 1 saturated carbocycles. The van der Waals surface area contributed by atoms with Crippen LogP contribution in [0, 0.1) is 5.41 Å². The first-order chi connectivity index (χ1) is 6.54. The summed E-state index contributed by atoms with van der Waals surface area (Å²) in [5, 5.41) is 10.9. The molecule has 0 bridgehead atoms. The topological polar surface area (TPSA) is 25.8 Å². The molecule has 0 spiro atoms. The van der Waals surface area contributed by atoms with Crippen molar-refractivity contribution in [2.45, 2.75) is 44.4 Å². The highest BCUT2D eigenvalue weighted by Gasteiger charge is 2.48. The van der Waals surface area contributed by atoms with E-state index in [-0.39, 0.29) is 0 Å². The molecule has 78 valence electrons. The summed E-state index contributed by atoms with van der Waals surface area (Å²) in [6.07, 6.45) is 2.34. The van der Waals surface area contributed by atoms with Gasteiger partial charge in [0, 0.05) is 5.92 Å². The van der Waals surface area contributed by atoms with Crippen LogP contribution in [0.1, 0.15) is 54.4 Å². The molecule has 0 aliphatic heterocycles. The first-order valence-electron chi connectivity index (χ1n) is 5.02. The molecule has 2 rings (SSSR count). The highest BCUT2D eigenvalue weighted by Crippen LogP contribution is 2.59. The fourth-order valence-corrected chi connectivity index (χ4v) is 3.17. The molecule has 0 saturated heterocycles. The van der Waals surface area contributed by atoms with Crippen LogP contribution in [0.4, 0.5) is 0 Å². The van der Waals surface area contributed by atoms with E-state index in [1.807, 2.05) is 0 Å². The minimum absolute atomic E-state index is 0.385. The van der Waals surface area contributed by atoms with Crippen molar-refractivity contribution in [2.24, 2.45) is 5.41 Å². The number of rotatable bonds is 3. The Morgan fingerprint density at radius 1 is 1.57 bits per heavy atom. The molecule has 14 heavy (non-hydrogen) atoms. The summed E-state index contributed by atoms with van der Waals surface area (Å²) in [5.74, 6) is 0.658. The zero-order valence-electron chi connectivity index (χ0n) is 8.75. The number of hydrogen-bond acceptors (Lipinski definition) is 3. The summed E-state index contributed by atoms with van der Waals surface area (Å²) in [7, 11) is 0. The summed E-state index contributed by atoms with van der Waals surface area (Å²) < 4.78 is 0. The third-order valence-electron chi connectivity index (χ3n) is 2.89. The van der Waals surface area contributed by atoms with Crippen molar-refractivity contribution in [3.8, 4) is 0 Å². The van der Waals surface area contributed by atoms with Crippen LogP contribution in [-0.2, 0) is 0 Å². The van der Waals surface area contributed by atoms with Crippen LogP contribution < -0.4 is 0 Å². The fraction of sp³-hybridized carbons (Fsp3) is 0.800. The largest absolute Gasteiger partial charge is 0.143 e. The molecule has 1 aromatic rings. The zero-order valence-corrected chi connectivity index (χ0v) is 11.2. The molecular weight excluding hydrogens is 260 g/mol. The van der Waals surface area contributed by atoms with E-state index in [1.165, 1.54) is 11.4 Å². The molecule has 0 N–H and O–H groups in total. The van der Waals surface area contributed by atoms with Gasteiger partial charge in [0.1, 0.15) is 10.0 Å². The first-order valence-corrected chi connectivity index (χ1v) is 6.75. The smallest absolute Gasteiger partial charge is 0.131 e. The molecule has 0 amide bonds. The van der Waals surface area contributed by atoms with Crippen LogP contribution in [0.5, 0.6) is 0 Å². The van der Waals surface area contributed by atoms with E-state index >= 15 is 0 Å². The highest BCUT2D eigenvalue weighted by atomic mass is 79.9. The van der Waals surface area contributed by atoms with Gasteiger partial charge in [-0.25, -0.2) is 0 Å². The average Bonchev–Trinajstić information content (AvgIpc) is 2.64. The van der Waals surface area contributed by atoms with Gasteiger partial charge in [-0.3, -0.25) is 0 Å². The van der Waals surface area contributed by atoms with Gasteiger partial charge in [0.25, 0.3) is 0 Å². The van der Waals surface area contributed by atoms with Crippen molar-refractivity contribution in [1.82, 2.24) is 10.2 Å². The van der Waals surface area contributed by atoms with Gasteiger partial charge in [0.2, 0.25) is 0 Å². The maximum Gasteiger partial charge on any atom is 0.131 e. The predicted molar refractivity (Wildman–Crippen MR) is 63.0 cm³/mol. The highest BCUT2D eigenvalue weighted by molar-refractivity contribution is 9.09. The van der Waals surface area contributed by atoms with Gasteiger partial charge in [-0.05, 0) is 18.3 Å². The average molecular weight is 275 g/mol. The van der Waals surface area contributed by atoms with Crippen molar-refractivity contribution < 1.29 is 0 Å². The number of hydrogen-bond donors (Lipinski definition) is 0. The van der Waals surface area contributed by atoms with Gasteiger partial charge in [-0.2, -0.15) is 0 Å². The number of halogens is 1. The summed E-state index contributed by atoms with van der Waals surface area (Å²) in [6.45, 7) is 6.75. The van der Waals surface area contributed by atoms with Crippen molar-refractivity contribution in [2.75, 3.05) is 0 Å². The lowest BCUT2D eigenvalue weighted by molar-refractivity contribution is 0.618. The molecule has 1 heterocycles. The van der Waals surface area contributed by atoms with Crippen LogP contribution in [0.2, 0.25) is 0 Å². The van der Waals surface area contributed by atoms with Gasteiger partial charge >= 0.3 is 0 Å². The summed E-state index contributed by atoms with van der Waals surface area (Å²) in [5.41, 5.74) is 0.463. The van der Waals surface area contributed by atoms with Gasteiger partial charge in [-0.15, -0.1) is 21.5 Å². The number of aromatic nitrogens is 2. The van der Waals surface area contributed by atoms with E-state index in [1.54, 1.807) is 11.3 Å². The van der Waals surface area contributed by atoms with Gasteiger partial charge in [-0.1, -0.05) is 36.7 Å². The monoisotopic (exact) mass is 274 g/mol. The Morgan fingerprint density at radius 2 is 2.21 bits per heavy atom. The molecule has 1 fully saturated rings. The Balaban J connectivity index is 2.11. The molecule has 1 aliphatic carbocycles. The second-order valence-corrected chi connectivity index (χ2v) is 6.75. The van der Waals surface area contributed by atoms with Crippen molar-refractivity contribution in [1.29, 1.82) is 0 Å². The van der Waals surface area contributed by atoms with E-state index < -0.39 is 0 Å². The van der Waals surface area contributed by atoms with Crippen LogP contribution in [0.15, 0.2) is 0 Å². The molecule has 0 aromatic carbocycles. The first kappa shape index (κ1) is 10.6. The molecule has 2 unspecified atom stereocenters. The van der Waals surface area contributed by atoms with Crippen LogP contribution in [0.3, 0.4) is 0 Å². The number of nitrogens with zero attached hydrogens (tertiary/aromatic N) is 2. The molecule has 2 nitrogen and oxygen atoms in total. The summed E-state index contributed by atoms with van der Waals surface area (Å²) in [6, 6.07) is 0. The number of alkyl halides is 1. The van der Waals surface area contributed by atoms with Crippen LogP contribution >= 0.6 is 27.3 Å². The summed E-state index contributed by atoms with van der Waals surface area (Å²) >= 11 is 5.37. The van der Waals surface area contributed by atoms with E-state index in [0.29, 0.717) is 16.2 Å². The molecule has 4 heteroatoms. The second kappa shape index (κ2) is 3.56. The maximum absolute atomic E-state index is 4.28. The molecule has 1 aliphatic rings. The predicted octanol–water partition coefficient (Wildman–Crippen LogP) is 3.90. The summed E-state index contributed by atoms with van der Waals surface area (Å²) in [4.78, 5) is 0.385. The standard InChI is InChI=1S/C10H15BrN2S/c1-4-7(11)9-13-12-8(14-9)6-5-10(6,2)3/h6-7H,4-5H2,1-3H3. The third-order valence-corrected chi connectivity index (χ3v) is 5.43. The van der Waals surface area contributed by atoms with Crippen molar-refractivity contribution >= 4 is 27.3 Å². The molecule has 0 radical (unpaired) electrons. The minimum atomic E-state index is 0.385. The Bertz CT molecular complexity index is 335. The Labute approximate surface area is 97.3 Å². The lowest BCUT2D eigenvalue weighted by Gasteiger charge is -1.99. The Hall–Kier alpha value is 0.0400. The van der Waals surface area contributed by atoms with Crippen molar-refractivity contribution in [3.05, 3.63) is 10.0 Å². The van der Waals surface area contributed by atoms with Gasteiger partial charge < -0.3 is 0 Å². The van der Waals surface area contributed by atoms with E-state index in [4.69, 9.17) is 0 Å². The lowest BCUT2D eigenvalue weighted by Crippen LogP contribution is -1.88. The molecule has 1 aromatic heterocycles. The molecule has 2 atom stereocenters. The lowest BCUT2D eigenvalue weighted by atomic mass is 10.1. The quantitative estimate of drug-likeness (QED) is 0.782. The second-order valence-electron chi connectivity index (χ2n) is 4.60. The van der Waals surface area contributed by atoms with E-state index in [9.17, 15) is 0 Å². The minimum Gasteiger partial charge on any atom is -0.143 e. The van der Waals surface area contributed by atoms with Crippen LogP contribution in [0.25, 0.3) is 0 Å². The fourth-order valence-electron chi connectivity index (χ4n) is 1.58. The molecular formula is C10H15BrN2S.